The van der Waals surface area contributed by atoms with Gasteiger partial charge in [-0.05, 0) is 0 Å². The van der Waals surface area contributed by atoms with Crippen molar-refractivity contribution in [3.63, 3.8) is 0 Å². The predicted octanol–water partition coefficient (Wildman–Crippen LogP) is 0.312. The van der Waals surface area contributed by atoms with Crippen LogP contribution in [0.4, 0.5) is 0 Å². The Bertz CT molecular complexity index is 699. The Morgan fingerprint density at radius 2 is 1.90 bits per heavy atom. The fraction of sp³-hybridized carbons (Fsp3) is 0.400. The predicted molar refractivity (Wildman–Crippen MR) is 69.1 cm³/mol. The summed E-state index contributed by atoms with van der Waals surface area (Å²) >= 11 is 0. The first-order valence-corrected chi connectivity index (χ1v) is 6.71. The quantitative estimate of drug-likeness (QED) is 0.695. The lowest BCUT2D eigenvalue weighted by atomic mass is 9.86. The molecule has 0 radical (unpaired) electrons. The second-order valence-corrected chi connectivity index (χ2v) is 5.56. The van der Waals surface area contributed by atoms with Gasteiger partial charge < -0.3 is 9.47 Å². The number of nitrogens with zero attached hydrogens (tertiary/aromatic N) is 1. The van der Waals surface area contributed by atoms with Crippen molar-refractivity contribution in [2.75, 3.05) is 14.2 Å². The molecule has 0 N–H and O–H groups in total. The lowest BCUT2D eigenvalue weighted by molar-refractivity contribution is -0.237. The number of hydrogen-bond acceptors (Lipinski definition) is 5. The molecular formula is C15H13NO5. The summed E-state index contributed by atoms with van der Waals surface area (Å²) in [5.74, 6) is -3.96. The molecule has 2 bridgehead atoms. The van der Waals surface area contributed by atoms with Crippen LogP contribution in [0, 0.1) is 11.8 Å². The number of carbonyl (C=O) groups excluding carboxylic acids is 3. The third-order valence-electron chi connectivity index (χ3n) is 4.74. The van der Waals surface area contributed by atoms with E-state index in [2.05, 4.69) is 0 Å². The lowest BCUT2D eigenvalue weighted by Gasteiger charge is -2.36. The Morgan fingerprint density at radius 3 is 2.62 bits per heavy atom. The maximum atomic E-state index is 12.6. The summed E-state index contributed by atoms with van der Waals surface area (Å²) in [6.45, 7) is 0. The van der Waals surface area contributed by atoms with E-state index in [9.17, 15) is 14.4 Å². The van der Waals surface area contributed by atoms with Crippen LogP contribution >= 0.6 is 0 Å². The van der Waals surface area contributed by atoms with E-state index in [1.54, 1.807) is 24.3 Å². The lowest BCUT2D eigenvalue weighted by Crippen LogP contribution is -2.45. The topological polar surface area (TPSA) is 72.9 Å². The molecule has 21 heavy (non-hydrogen) atoms. The van der Waals surface area contributed by atoms with Gasteiger partial charge >= 0.3 is 0 Å². The molecule has 108 valence electrons. The highest BCUT2D eigenvalue weighted by molar-refractivity contribution is 6.13. The van der Waals surface area contributed by atoms with Crippen LogP contribution in [0.15, 0.2) is 24.3 Å². The zero-order valence-corrected chi connectivity index (χ0v) is 11.5. The zero-order valence-electron chi connectivity index (χ0n) is 11.5. The number of rotatable bonds is 1. The second-order valence-electron chi connectivity index (χ2n) is 5.56. The number of methoxy groups -OCH3 is 1. The van der Waals surface area contributed by atoms with Gasteiger partial charge in [0, 0.05) is 25.3 Å². The summed E-state index contributed by atoms with van der Waals surface area (Å²) in [6.07, 6.45) is -0.953. The number of hydrogen-bond donors (Lipinski definition) is 0. The number of ketones is 1. The molecular weight excluding hydrogens is 274 g/mol. The van der Waals surface area contributed by atoms with Crippen molar-refractivity contribution in [1.29, 1.82) is 0 Å². The Hall–Kier alpha value is -2.05. The minimum atomic E-state index is -1.35. The fourth-order valence-electron chi connectivity index (χ4n) is 3.76. The van der Waals surface area contributed by atoms with E-state index < -0.39 is 23.7 Å². The molecule has 0 saturated carbocycles. The third kappa shape index (κ3) is 1.23. The van der Waals surface area contributed by atoms with Crippen molar-refractivity contribution >= 4 is 17.6 Å². The first-order chi connectivity index (χ1) is 10.0. The largest absolute Gasteiger partial charge is 0.349 e. The Labute approximate surface area is 120 Å². The zero-order chi connectivity index (χ0) is 14.9. The fourth-order valence-corrected chi connectivity index (χ4v) is 3.76. The van der Waals surface area contributed by atoms with E-state index in [-0.39, 0.29) is 17.6 Å². The Kier molecular flexibility index (Phi) is 2.28. The van der Waals surface area contributed by atoms with Gasteiger partial charge in [0.2, 0.25) is 17.6 Å². The van der Waals surface area contributed by atoms with Crippen LogP contribution < -0.4 is 0 Å². The van der Waals surface area contributed by atoms with E-state index in [4.69, 9.17) is 9.47 Å². The molecule has 4 atom stereocenters. The number of carbonyl (C=O) groups is 3. The summed E-state index contributed by atoms with van der Waals surface area (Å²) in [4.78, 5) is 38.4. The van der Waals surface area contributed by atoms with E-state index in [1.807, 2.05) is 0 Å². The number of fused-ring (bicyclic) bond motifs is 7. The average Bonchev–Trinajstić information content (AvgIpc) is 2.94. The van der Waals surface area contributed by atoms with Gasteiger partial charge in [0.25, 0.3) is 0 Å². The molecule has 0 spiro atoms. The minimum absolute atomic E-state index is 0.262. The van der Waals surface area contributed by atoms with E-state index >= 15 is 0 Å². The summed E-state index contributed by atoms with van der Waals surface area (Å²) in [7, 11) is 2.86. The number of Topliss-reactive ketones (excluding diaryl/α,β-unsaturated/α-hetero) is 1. The van der Waals surface area contributed by atoms with Crippen molar-refractivity contribution in [3.05, 3.63) is 35.4 Å². The molecule has 4 rings (SSSR count). The van der Waals surface area contributed by atoms with Gasteiger partial charge in [-0.2, -0.15) is 0 Å². The van der Waals surface area contributed by atoms with Gasteiger partial charge in [-0.3, -0.25) is 19.3 Å². The van der Waals surface area contributed by atoms with Gasteiger partial charge in [-0.1, -0.05) is 24.3 Å². The van der Waals surface area contributed by atoms with Gasteiger partial charge in [-0.25, -0.2) is 0 Å². The van der Waals surface area contributed by atoms with Crippen molar-refractivity contribution in [1.82, 2.24) is 4.90 Å². The molecule has 0 aromatic heterocycles. The number of ether oxygens (including phenoxy) is 2. The first-order valence-electron chi connectivity index (χ1n) is 6.71. The van der Waals surface area contributed by atoms with Crippen LogP contribution in [-0.4, -0.2) is 42.8 Å². The highest BCUT2D eigenvalue weighted by atomic mass is 16.7. The summed E-state index contributed by atoms with van der Waals surface area (Å²) < 4.78 is 11.3. The molecule has 0 unspecified atom stereocenters. The highest BCUT2D eigenvalue weighted by Gasteiger charge is 2.71. The SMILES string of the molecule is CO[C@]12O[C@H](C(=O)c3ccccc31)[C@H]1C(=O)N(C)C(=O)[C@H]12. The van der Waals surface area contributed by atoms with E-state index in [0.29, 0.717) is 11.1 Å². The smallest absolute Gasteiger partial charge is 0.238 e. The molecule has 6 nitrogen and oxygen atoms in total. The van der Waals surface area contributed by atoms with Gasteiger partial charge in [0.1, 0.15) is 12.0 Å². The van der Waals surface area contributed by atoms with Crippen LogP contribution in [0.2, 0.25) is 0 Å². The Morgan fingerprint density at radius 1 is 1.19 bits per heavy atom. The van der Waals surface area contributed by atoms with Gasteiger partial charge in [0.05, 0.1) is 5.92 Å². The normalized spacial score (nSPS) is 37.0. The van der Waals surface area contributed by atoms with Crippen LogP contribution in [0.3, 0.4) is 0 Å². The Balaban J connectivity index is 2.01. The number of likely N-dealkylation sites (tertiary alicyclic amines) is 1. The maximum Gasteiger partial charge on any atom is 0.238 e. The highest BCUT2D eigenvalue weighted by Crippen LogP contribution is 2.56. The van der Waals surface area contributed by atoms with Crippen molar-refractivity contribution in [2.24, 2.45) is 11.8 Å². The van der Waals surface area contributed by atoms with E-state index in [0.717, 1.165) is 4.90 Å². The second kappa shape index (κ2) is 3.78. The average molecular weight is 287 g/mol. The summed E-state index contributed by atoms with van der Waals surface area (Å²) in [5.41, 5.74) is 0.992. The number of amides is 2. The number of benzene rings is 1. The molecule has 2 amide bonds. The van der Waals surface area contributed by atoms with Gasteiger partial charge in [0.15, 0.2) is 5.78 Å². The van der Waals surface area contributed by atoms with Crippen molar-refractivity contribution < 1.29 is 23.9 Å². The van der Waals surface area contributed by atoms with Crippen LogP contribution in [0.1, 0.15) is 15.9 Å². The molecule has 2 fully saturated rings. The van der Waals surface area contributed by atoms with E-state index in [1.165, 1.54) is 14.2 Å². The molecule has 1 aromatic rings. The molecule has 3 heterocycles. The maximum absolute atomic E-state index is 12.6. The molecule has 3 aliphatic heterocycles. The monoisotopic (exact) mass is 287 g/mol. The van der Waals surface area contributed by atoms with Crippen LogP contribution in [-0.2, 0) is 24.8 Å². The first kappa shape index (κ1) is 12.7. The van der Waals surface area contributed by atoms with Gasteiger partial charge in [-0.15, -0.1) is 0 Å². The summed E-state index contributed by atoms with van der Waals surface area (Å²) in [6, 6.07) is 6.90. The van der Waals surface area contributed by atoms with Crippen molar-refractivity contribution in [3.8, 4) is 0 Å². The minimum Gasteiger partial charge on any atom is -0.349 e. The van der Waals surface area contributed by atoms with Crippen molar-refractivity contribution in [2.45, 2.75) is 11.9 Å². The third-order valence-corrected chi connectivity index (χ3v) is 4.74. The van der Waals surface area contributed by atoms with Crippen LogP contribution in [0.25, 0.3) is 0 Å². The molecule has 6 heteroatoms. The standard InChI is InChI=1S/C15H13NO5/c1-16-13(18)9-10(14(16)19)15(20-2)8-6-4-3-5-7(8)11(17)12(9)21-15/h3-6,9-10,12H,1-2H3/t9-,10-,12-,15-/m0/s1. The summed E-state index contributed by atoms with van der Waals surface area (Å²) in [5, 5.41) is 0. The molecule has 0 aliphatic carbocycles. The molecule has 2 saturated heterocycles. The van der Waals surface area contributed by atoms with Crippen LogP contribution in [0.5, 0.6) is 0 Å². The molecule has 1 aromatic carbocycles. The molecule has 3 aliphatic rings. The number of imide groups is 1.